The first-order chi connectivity index (χ1) is 14.3. The van der Waals surface area contributed by atoms with E-state index in [1.807, 2.05) is 0 Å². The second-order valence-electron chi connectivity index (χ2n) is 10.8. The zero-order valence-electron chi connectivity index (χ0n) is 19.3. The van der Waals surface area contributed by atoms with Crippen LogP contribution >= 0.6 is 0 Å². The smallest absolute Gasteiger partial charge is 0.161 e. The average molecular weight is 409 g/mol. The number of aliphatic hydroxyl groups excluding tert-OH is 1. The molecular weight excluding hydrogens is 368 g/mol. The second kappa shape index (κ2) is 8.61. The summed E-state index contributed by atoms with van der Waals surface area (Å²) in [6, 6.07) is 0. The van der Waals surface area contributed by atoms with E-state index in [2.05, 4.69) is 45.6 Å². The molecule has 0 heterocycles. The minimum atomic E-state index is -0.356. The van der Waals surface area contributed by atoms with Crippen molar-refractivity contribution in [3.63, 3.8) is 0 Å². The highest BCUT2D eigenvalue weighted by molar-refractivity contribution is 5.99. The third-order valence-corrected chi connectivity index (χ3v) is 8.98. The van der Waals surface area contributed by atoms with Crippen LogP contribution in [0, 0.1) is 29.1 Å². The van der Waals surface area contributed by atoms with Gasteiger partial charge in [0, 0.05) is 5.92 Å². The van der Waals surface area contributed by atoms with Gasteiger partial charge < -0.3 is 5.11 Å². The topological polar surface area (TPSA) is 37.3 Å². The Kier molecular flexibility index (Phi) is 6.26. The maximum Gasteiger partial charge on any atom is 0.161 e. The number of carbonyl (C=O) groups is 1. The van der Waals surface area contributed by atoms with Gasteiger partial charge in [0.15, 0.2) is 5.78 Å². The Morgan fingerprint density at radius 3 is 2.60 bits per heavy atom. The van der Waals surface area contributed by atoms with E-state index in [-0.39, 0.29) is 12.0 Å². The summed E-state index contributed by atoms with van der Waals surface area (Å²) in [5.41, 5.74) is 5.23. The van der Waals surface area contributed by atoms with E-state index < -0.39 is 0 Å². The third kappa shape index (κ3) is 3.93. The lowest BCUT2D eigenvalue weighted by Crippen LogP contribution is -2.35. The van der Waals surface area contributed by atoms with E-state index in [9.17, 15) is 9.90 Å². The van der Waals surface area contributed by atoms with E-state index in [1.54, 1.807) is 5.57 Å². The van der Waals surface area contributed by atoms with Gasteiger partial charge >= 0.3 is 0 Å². The average Bonchev–Trinajstić information content (AvgIpc) is 3.23. The SMILES string of the molecule is C=C1/C(=C\C=C2/CCCC3(C)C2CCC3C(C)/C=C2\CCC(C)C2=O)CCCC1O. The van der Waals surface area contributed by atoms with Crippen LogP contribution in [-0.2, 0) is 4.79 Å². The first kappa shape index (κ1) is 21.8. The minimum Gasteiger partial charge on any atom is -0.388 e. The van der Waals surface area contributed by atoms with Crippen molar-refractivity contribution < 1.29 is 9.90 Å². The lowest BCUT2D eigenvalue weighted by Gasteiger charge is -2.44. The Labute approximate surface area is 183 Å². The van der Waals surface area contributed by atoms with Crippen molar-refractivity contribution in [3.05, 3.63) is 47.1 Å². The van der Waals surface area contributed by atoms with Gasteiger partial charge in [0.25, 0.3) is 0 Å². The molecule has 6 unspecified atom stereocenters. The van der Waals surface area contributed by atoms with Crippen molar-refractivity contribution in [2.45, 2.75) is 91.1 Å². The maximum absolute atomic E-state index is 12.4. The van der Waals surface area contributed by atoms with E-state index in [0.29, 0.717) is 29.0 Å². The van der Waals surface area contributed by atoms with Gasteiger partial charge in [0.05, 0.1) is 6.10 Å². The Bertz CT molecular complexity index is 797. The van der Waals surface area contributed by atoms with Gasteiger partial charge in [0.2, 0.25) is 0 Å². The number of Topliss-reactive ketones (excluding diaryl/α,β-unsaturated/α-hetero) is 1. The normalized spacial score (nSPS) is 42.3. The van der Waals surface area contributed by atoms with Crippen molar-refractivity contribution in [3.8, 4) is 0 Å². The van der Waals surface area contributed by atoms with Crippen molar-refractivity contribution >= 4 is 5.78 Å². The van der Waals surface area contributed by atoms with E-state index >= 15 is 0 Å². The molecule has 4 fully saturated rings. The van der Waals surface area contributed by atoms with Crippen LogP contribution in [0.2, 0.25) is 0 Å². The standard InChI is InChI=1S/C28H40O2/c1-18-10-11-23(27(18)30)17-19(2)24-14-15-25-22(8-6-16-28(24,25)4)13-12-21-7-5-9-26(29)20(21)3/h12-13,17-19,24-26,29H,3,5-11,14-16H2,1-2,4H3/b21-12-,22-13+,23-17+. The van der Waals surface area contributed by atoms with E-state index in [1.165, 1.54) is 37.7 Å². The van der Waals surface area contributed by atoms with Gasteiger partial charge in [-0.15, -0.1) is 0 Å². The monoisotopic (exact) mass is 408 g/mol. The van der Waals surface area contributed by atoms with Gasteiger partial charge in [-0.05, 0) is 104 Å². The van der Waals surface area contributed by atoms with Crippen LogP contribution < -0.4 is 0 Å². The fourth-order valence-electron chi connectivity index (χ4n) is 7.12. The largest absolute Gasteiger partial charge is 0.388 e. The van der Waals surface area contributed by atoms with Crippen LogP contribution in [-0.4, -0.2) is 17.0 Å². The fourth-order valence-corrected chi connectivity index (χ4v) is 7.12. The number of aliphatic hydroxyl groups is 1. The number of ketones is 1. The predicted molar refractivity (Wildman–Crippen MR) is 124 cm³/mol. The van der Waals surface area contributed by atoms with Crippen molar-refractivity contribution in [2.75, 3.05) is 0 Å². The molecule has 6 atom stereocenters. The van der Waals surface area contributed by atoms with Gasteiger partial charge in [-0.2, -0.15) is 0 Å². The molecule has 0 saturated heterocycles. The molecule has 4 aliphatic carbocycles. The molecule has 4 saturated carbocycles. The molecule has 0 amide bonds. The molecule has 4 aliphatic rings. The highest BCUT2D eigenvalue weighted by Crippen LogP contribution is 2.59. The van der Waals surface area contributed by atoms with Crippen molar-refractivity contribution in [2.24, 2.45) is 29.1 Å². The summed E-state index contributed by atoms with van der Waals surface area (Å²) in [6.45, 7) is 11.1. The fraction of sp³-hybridized carbons (Fsp3) is 0.679. The molecule has 2 heteroatoms. The summed E-state index contributed by atoms with van der Waals surface area (Å²) in [7, 11) is 0. The Morgan fingerprint density at radius 1 is 1.07 bits per heavy atom. The lowest BCUT2D eigenvalue weighted by atomic mass is 9.61. The van der Waals surface area contributed by atoms with Crippen LogP contribution in [0.1, 0.15) is 85.0 Å². The molecule has 0 aromatic heterocycles. The molecule has 0 aromatic carbocycles. The van der Waals surface area contributed by atoms with E-state index in [0.717, 1.165) is 43.3 Å². The quantitative estimate of drug-likeness (QED) is 0.526. The molecule has 0 radical (unpaired) electrons. The number of allylic oxidation sites excluding steroid dienone is 5. The number of hydrogen-bond acceptors (Lipinski definition) is 2. The van der Waals surface area contributed by atoms with Crippen LogP contribution in [0.4, 0.5) is 0 Å². The summed E-state index contributed by atoms with van der Waals surface area (Å²) in [5.74, 6) is 2.43. The molecule has 0 aromatic rings. The van der Waals surface area contributed by atoms with Gasteiger partial charge in [-0.3, -0.25) is 4.79 Å². The Balaban J connectivity index is 1.53. The van der Waals surface area contributed by atoms with Crippen molar-refractivity contribution in [1.29, 1.82) is 0 Å². The molecule has 0 spiro atoms. The molecule has 0 bridgehead atoms. The second-order valence-corrected chi connectivity index (χ2v) is 10.8. The number of rotatable bonds is 3. The first-order valence-corrected chi connectivity index (χ1v) is 12.3. The van der Waals surface area contributed by atoms with Gasteiger partial charge in [-0.1, -0.05) is 51.2 Å². The highest BCUT2D eigenvalue weighted by Gasteiger charge is 2.50. The number of carbonyl (C=O) groups excluding carboxylic acids is 1. The van der Waals surface area contributed by atoms with Crippen LogP contribution in [0.5, 0.6) is 0 Å². The minimum absolute atomic E-state index is 0.223. The molecule has 164 valence electrons. The Morgan fingerprint density at radius 2 is 1.87 bits per heavy atom. The highest BCUT2D eigenvalue weighted by atomic mass is 16.3. The molecule has 0 aliphatic heterocycles. The van der Waals surface area contributed by atoms with Gasteiger partial charge in [0.1, 0.15) is 0 Å². The van der Waals surface area contributed by atoms with E-state index in [4.69, 9.17) is 0 Å². The molecular formula is C28H40O2. The molecule has 4 rings (SSSR count). The first-order valence-electron chi connectivity index (χ1n) is 12.3. The molecule has 1 N–H and O–H groups in total. The van der Waals surface area contributed by atoms with Crippen LogP contribution in [0.3, 0.4) is 0 Å². The molecule has 2 nitrogen and oxygen atoms in total. The zero-order chi connectivity index (χ0) is 21.5. The van der Waals surface area contributed by atoms with Crippen LogP contribution in [0.25, 0.3) is 0 Å². The number of hydrogen-bond donors (Lipinski definition) is 1. The lowest BCUT2D eigenvalue weighted by molar-refractivity contribution is -0.117. The summed E-state index contributed by atoms with van der Waals surface area (Å²) >= 11 is 0. The summed E-state index contributed by atoms with van der Waals surface area (Å²) in [6.07, 6.45) is 17.9. The van der Waals surface area contributed by atoms with Crippen LogP contribution in [0.15, 0.2) is 47.1 Å². The van der Waals surface area contributed by atoms with Gasteiger partial charge in [-0.25, -0.2) is 0 Å². The Hall–Kier alpha value is -1.41. The summed E-state index contributed by atoms with van der Waals surface area (Å²) in [4.78, 5) is 12.4. The van der Waals surface area contributed by atoms with Crippen molar-refractivity contribution in [1.82, 2.24) is 0 Å². The summed E-state index contributed by atoms with van der Waals surface area (Å²) in [5, 5.41) is 10.1. The molecule has 30 heavy (non-hydrogen) atoms. The number of fused-ring (bicyclic) bond motifs is 1. The third-order valence-electron chi connectivity index (χ3n) is 8.98. The maximum atomic E-state index is 12.4. The zero-order valence-corrected chi connectivity index (χ0v) is 19.3. The predicted octanol–water partition coefficient (Wildman–Crippen LogP) is 6.72. The summed E-state index contributed by atoms with van der Waals surface area (Å²) < 4.78 is 0.